The predicted molar refractivity (Wildman–Crippen MR) is 96.7 cm³/mol. The molecule has 2 aromatic rings. The highest BCUT2D eigenvalue weighted by Gasteiger charge is 2.08. The Balaban J connectivity index is 2.70. The zero-order valence-electron chi connectivity index (χ0n) is 12.1. The Labute approximate surface area is 134 Å². The molecular formula is C18H19BrS. The van der Waals surface area contributed by atoms with Gasteiger partial charge in [0.15, 0.2) is 0 Å². The van der Waals surface area contributed by atoms with Crippen LogP contribution in [0.5, 0.6) is 0 Å². The lowest BCUT2D eigenvalue weighted by Gasteiger charge is -2.12. The van der Waals surface area contributed by atoms with Gasteiger partial charge in [0.1, 0.15) is 0 Å². The van der Waals surface area contributed by atoms with E-state index in [1.165, 1.54) is 26.8 Å². The van der Waals surface area contributed by atoms with Crippen molar-refractivity contribution in [2.45, 2.75) is 25.2 Å². The maximum atomic E-state index is 3.49. The Hall–Kier alpha value is -0.990. The van der Waals surface area contributed by atoms with Crippen LogP contribution in [0.1, 0.15) is 25.8 Å². The number of fused-ring (bicyclic) bond motifs is 1. The summed E-state index contributed by atoms with van der Waals surface area (Å²) in [5, 5.41) is 2.68. The average molecular weight is 347 g/mol. The van der Waals surface area contributed by atoms with Crippen LogP contribution in [-0.4, -0.2) is 6.26 Å². The second kappa shape index (κ2) is 7.14. The normalized spacial score (nSPS) is 13.0. The highest BCUT2D eigenvalue weighted by molar-refractivity contribution is 9.11. The summed E-state index contributed by atoms with van der Waals surface area (Å²) in [6, 6.07) is 13.1. The molecule has 0 N–H and O–H groups in total. The SMILES string of the molecule is CC/C(=C\C=C(/C)Br)c1cccc2cccc(SC)c12. The van der Waals surface area contributed by atoms with E-state index in [0.717, 1.165) is 10.9 Å². The van der Waals surface area contributed by atoms with Gasteiger partial charge in [-0.2, -0.15) is 0 Å². The fourth-order valence-corrected chi connectivity index (χ4v) is 3.14. The molecule has 0 saturated heterocycles. The average Bonchev–Trinajstić information content (AvgIpc) is 2.47. The lowest BCUT2D eigenvalue weighted by atomic mass is 9.96. The minimum Gasteiger partial charge on any atom is -0.129 e. The van der Waals surface area contributed by atoms with Crippen LogP contribution in [0.3, 0.4) is 0 Å². The molecule has 104 valence electrons. The van der Waals surface area contributed by atoms with Crippen molar-refractivity contribution < 1.29 is 0 Å². The number of halogens is 1. The maximum absolute atomic E-state index is 3.49. The fourth-order valence-electron chi connectivity index (χ4n) is 2.36. The smallest absolute Gasteiger partial charge is 0.0154 e. The van der Waals surface area contributed by atoms with Gasteiger partial charge >= 0.3 is 0 Å². The first-order chi connectivity index (χ1) is 9.67. The fraction of sp³-hybridized carbons (Fsp3) is 0.222. The summed E-state index contributed by atoms with van der Waals surface area (Å²) < 4.78 is 1.15. The monoisotopic (exact) mass is 346 g/mol. The van der Waals surface area contributed by atoms with Gasteiger partial charge in [-0.1, -0.05) is 65.3 Å². The Kier molecular flexibility index (Phi) is 5.50. The molecule has 0 aromatic heterocycles. The van der Waals surface area contributed by atoms with Gasteiger partial charge in [0, 0.05) is 10.3 Å². The molecule has 0 aliphatic rings. The van der Waals surface area contributed by atoms with Crippen molar-refractivity contribution in [1.29, 1.82) is 0 Å². The Morgan fingerprint density at radius 2 is 1.85 bits per heavy atom. The molecule has 2 rings (SSSR count). The second-order valence-electron chi connectivity index (χ2n) is 4.66. The summed E-state index contributed by atoms with van der Waals surface area (Å²) in [4.78, 5) is 1.34. The standard InChI is InChI=1S/C18H19BrS/c1-4-14(12-11-13(2)19)16-9-5-7-15-8-6-10-17(20-3)18(15)16/h5-12H,4H2,1-3H3/b13-11+,14-12+. The third kappa shape index (κ3) is 3.36. The second-order valence-corrected chi connectivity index (χ2v) is 6.76. The molecule has 0 fully saturated rings. The number of rotatable bonds is 4. The van der Waals surface area contributed by atoms with Crippen molar-refractivity contribution in [2.75, 3.05) is 6.26 Å². The van der Waals surface area contributed by atoms with E-state index in [0.29, 0.717) is 0 Å². The minimum absolute atomic E-state index is 1.03. The van der Waals surface area contributed by atoms with E-state index >= 15 is 0 Å². The van der Waals surface area contributed by atoms with E-state index in [4.69, 9.17) is 0 Å². The molecule has 20 heavy (non-hydrogen) atoms. The van der Waals surface area contributed by atoms with Gasteiger partial charge in [-0.05, 0) is 46.7 Å². The van der Waals surface area contributed by atoms with Crippen LogP contribution in [0.25, 0.3) is 16.3 Å². The molecule has 0 spiro atoms. The zero-order chi connectivity index (χ0) is 14.5. The number of benzene rings is 2. The first-order valence-corrected chi connectivity index (χ1v) is 8.78. The van der Waals surface area contributed by atoms with Gasteiger partial charge in [0.05, 0.1) is 0 Å². The summed E-state index contributed by atoms with van der Waals surface area (Å²) in [6.07, 6.45) is 7.51. The van der Waals surface area contributed by atoms with Crippen LogP contribution < -0.4 is 0 Å². The van der Waals surface area contributed by atoms with Gasteiger partial charge in [-0.3, -0.25) is 0 Å². The highest BCUT2D eigenvalue weighted by atomic mass is 79.9. The van der Waals surface area contributed by atoms with Crippen molar-refractivity contribution in [2.24, 2.45) is 0 Å². The van der Waals surface area contributed by atoms with E-state index in [2.05, 4.69) is 84.6 Å². The molecule has 0 bridgehead atoms. The highest BCUT2D eigenvalue weighted by Crippen LogP contribution is 2.34. The van der Waals surface area contributed by atoms with Gasteiger partial charge in [0.2, 0.25) is 0 Å². The van der Waals surface area contributed by atoms with E-state index in [-0.39, 0.29) is 0 Å². The number of thioether (sulfide) groups is 1. The van der Waals surface area contributed by atoms with Crippen LogP contribution in [0.4, 0.5) is 0 Å². The number of hydrogen-bond donors (Lipinski definition) is 0. The lowest BCUT2D eigenvalue weighted by molar-refractivity contribution is 1.24. The molecule has 0 saturated carbocycles. The maximum Gasteiger partial charge on any atom is 0.0154 e. The van der Waals surface area contributed by atoms with Crippen molar-refractivity contribution in [3.8, 4) is 0 Å². The summed E-state index contributed by atoms with van der Waals surface area (Å²) in [5.74, 6) is 0. The van der Waals surface area contributed by atoms with Crippen molar-refractivity contribution in [3.05, 3.63) is 58.6 Å². The first-order valence-electron chi connectivity index (χ1n) is 6.76. The molecule has 0 nitrogen and oxygen atoms in total. The predicted octanol–water partition coefficient (Wildman–Crippen LogP) is 6.65. The summed E-state index contributed by atoms with van der Waals surface area (Å²) in [6.45, 7) is 4.27. The molecule has 0 aliphatic carbocycles. The van der Waals surface area contributed by atoms with Gasteiger partial charge < -0.3 is 0 Å². The molecule has 2 aromatic carbocycles. The quantitative estimate of drug-likeness (QED) is 0.440. The van der Waals surface area contributed by atoms with Gasteiger partial charge in [0.25, 0.3) is 0 Å². The number of allylic oxidation sites excluding steroid dienone is 4. The van der Waals surface area contributed by atoms with Crippen LogP contribution in [0.15, 0.2) is 57.9 Å². The molecule has 0 heterocycles. The van der Waals surface area contributed by atoms with Gasteiger partial charge in [-0.25, -0.2) is 0 Å². The molecular weight excluding hydrogens is 328 g/mol. The van der Waals surface area contributed by atoms with Crippen LogP contribution >= 0.6 is 27.7 Å². The van der Waals surface area contributed by atoms with Crippen LogP contribution in [0, 0.1) is 0 Å². The van der Waals surface area contributed by atoms with E-state index in [9.17, 15) is 0 Å². The van der Waals surface area contributed by atoms with Crippen LogP contribution in [0.2, 0.25) is 0 Å². The Morgan fingerprint density at radius 3 is 2.45 bits per heavy atom. The number of hydrogen-bond acceptors (Lipinski definition) is 1. The minimum atomic E-state index is 1.03. The van der Waals surface area contributed by atoms with Crippen molar-refractivity contribution >= 4 is 44.0 Å². The first kappa shape index (κ1) is 15.4. The van der Waals surface area contributed by atoms with Crippen LogP contribution in [-0.2, 0) is 0 Å². The molecule has 0 aliphatic heterocycles. The Bertz CT molecular complexity index is 659. The van der Waals surface area contributed by atoms with E-state index in [1.807, 2.05) is 11.8 Å². The molecule has 0 amide bonds. The molecule has 0 atom stereocenters. The third-order valence-corrected chi connectivity index (χ3v) is 4.37. The van der Waals surface area contributed by atoms with Crippen molar-refractivity contribution in [3.63, 3.8) is 0 Å². The summed E-state index contributed by atoms with van der Waals surface area (Å²) >= 11 is 5.31. The van der Waals surface area contributed by atoms with Crippen molar-refractivity contribution in [1.82, 2.24) is 0 Å². The Morgan fingerprint density at radius 1 is 1.15 bits per heavy atom. The van der Waals surface area contributed by atoms with E-state index in [1.54, 1.807) is 0 Å². The molecule has 0 unspecified atom stereocenters. The van der Waals surface area contributed by atoms with Gasteiger partial charge in [-0.15, -0.1) is 11.8 Å². The zero-order valence-corrected chi connectivity index (χ0v) is 14.5. The third-order valence-electron chi connectivity index (χ3n) is 3.33. The molecule has 0 radical (unpaired) electrons. The summed E-state index contributed by atoms with van der Waals surface area (Å²) in [7, 11) is 0. The summed E-state index contributed by atoms with van der Waals surface area (Å²) in [5.41, 5.74) is 2.72. The largest absolute Gasteiger partial charge is 0.129 e. The topological polar surface area (TPSA) is 0 Å². The molecule has 2 heteroatoms. The lowest BCUT2D eigenvalue weighted by Crippen LogP contribution is -1.88. The van der Waals surface area contributed by atoms with E-state index < -0.39 is 0 Å².